The van der Waals surface area contributed by atoms with Gasteiger partial charge in [-0.25, -0.2) is 0 Å². The van der Waals surface area contributed by atoms with E-state index < -0.39 is 5.91 Å². The van der Waals surface area contributed by atoms with Gasteiger partial charge in [0.2, 0.25) is 0 Å². The van der Waals surface area contributed by atoms with Gasteiger partial charge in [0.1, 0.15) is 16.8 Å². The third-order valence-electron chi connectivity index (χ3n) is 3.45. The maximum Gasteiger partial charge on any atom is 0.275 e. The topological polar surface area (TPSA) is 91.0 Å². The molecule has 0 aromatic carbocycles. The van der Waals surface area contributed by atoms with E-state index in [1.54, 1.807) is 35.0 Å². The minimum absolute atomic E-state index is 0.202. The largest absolute Gasteiger partial charge is 0.344 e. The molecule has 9 heteroatoms. The number of aryl methyl sites for hydroxylation is 2. The molecule has 2 amide bonds. The summed E-state index contributed by atoms with van der Waals surface area (Å²) < 4.78 is 2.06. The van der Waals surface area contributed by atoms with Crippen LogP contribution in [0.5, 0.6) is 0 Å². The van der Waals surface area contributed by atoms with Crippen molar-refractivity contribution in [2.45, 2.75) is 13.8 Å². The molecule has 7 nitrogen and oxygen atoms in total. The van der Waals surface area contributed by atoms with Crippen LogP contribution in [0.25, 0.3) is 0 Å². The van der Waals surface area contributed by atoms with Crippen molar-refractivity contribution in [2.24, 2.45) is 7.05 Å². The molecule has 0 atom stereocenters. The lowest BCUT2D eigenvalue weighted by Gasteiger charge is -2.08. The smallest absolute Gasteiger partial charge is 0.275 e. The van der Waals surface area contributed by atoms with Gasteiger partial charge in [0.25, 0.3) is 11.8 Å². The number of nitrogens with one attached hydrogen (secondary N) is 1. The Kier molecular flexibility index (Phi) is 5.11. The number of carbonyl (C=O) groups is 2. The number of carbonyl (C=O) groups excluding carboxylic acids is 2. The molecule has 126 valence electrons. The summed E-state index contributed by atoms with van der Waals surface area (Å²) in [4.78, 5) is 26.6. The van der Waals surface area contributed by atoms with Crippen LogP contribution in [0, 0.1) is 25.2 Å². The molecular formula is C15H16BrN5O2S. The van der Waals surface area contributed by atoms with Crippen LogP contribution in [0.2, 0.25) is 0 Å². The number of nitrogens with zero attached hydrogens (tertiary/aromatic N) is 4. The van der Waals surface area contributed by atoms with Crippen molar-refractivity contribution >= 4 is 44.1 Å². The Hall–Kier alpha value is -2.18. The van der Waals surface area contributed by atoms with Crippen molar-refractivity contribution in [1.82, 2.24) is 14.7 Å². The normalized spacial score (nSPS) is 10.4. The van der Waals surface area contributed by atoms with E-state index in [-0.39, 0.29) is 5.91 Å². The van der Waals surface area contributed by atoms with Crippen LogP contribution in [-0.2, 0) is 7.05 Å². The number of aromatic nitrogens is 2. The highest BCUT2D eigenvalue weighted by Crippen LogP contribution is 2.34. The minimum Gasteiger partial charge on any atom is -0.344 e. The minimum atomic E-state index is -0.397. The van der Waals surface area contributed by atoms with E-state index in [0.29, 0.717) is 36.9 Å². The van der Waals surface area contributed by atoms with E-state index in [1.807, 2.05) is 0 Å². The predicted molar refractivity (Wildman–Crippen MR) is 95.4 cm³/mol. The molecule has 2 aromatic heterocycles. The summed E-state index contributed by atoms with van der Waals surface area (Å²) in [5.74, 6) is -0.598. The van der Waals surface area contributed by atoms with Gasteiger partial charge in [-0.3, -0.25) is 14.3 Å². The fourth-order valence-corrected chi connectivity index (χ4v) is 3.87. The lowest BCUT2D eigenvalue weighted by atomic mass is 10.1. The SMILES string of the molecule is Cc1nn(C)c(C(=O)Nc2sc(C(=O)N(C)C)c(C)c2C#N)c1Br. The summed E-state index contributed by atoms with van der Waals surface area (Å²) in [6.07, 6.45) is 0. The monoisotopic (exact) mass is 409 g/mol. The summed E-state index contributed by atoms with van der Waals surface area (Å²) >= 11 is 4.44. The predicted octanol–water partition coefficient (Wildman–Crippen LogP) is 2.69. The summed E-state index contributed by atoms with van der Waals surface area (Å²) in [7, 11) is 4.95. The molecule has 0 saturated carbocycles. The Balaban J connectivity index is 2.43. The molecule has 2 aromatic rings. The van der Waals surface area contributed by atoms with Crippen LogP contribution in [0.15, 0.2) is 4.47 Å². The zero-order chi connectivity index (χ0) is 18.2. The van der Waals surface area contributed by atoms with Crippen LogP contribution in [-0.4, -0.2) is 40.6 Å². The number of halogens is 1. The van der Waals surface area contributed by atoms with E-state index in [2.05, 4.69) is 32.4 Å². The van der Waals surface area contributed by atoms with Crippen molar-refractivity contribution in [3.63, 3.8) is 0 Å². The highest BCUT2D eigenvalue weighted by atomic mass is 79.9. The number of hydrogen-bond donors (Lipinski definition) is 1. The van der Waals surface area contributed by atoms with E-state index in [9.17, 15) is 14.9 Å². The molecular weight excluding hydrogens is 394 g/mol. The maximum absolute atomic E-state index is 12.6. The van der Waals surface area contributed by atoms with E-state index in [0.717, 1.165) is 11.3 Å². The first-order valence-corrected chi connectivity index (χ1v) is 8.55. The Labute approximate surface area is 152 Å². The van der Waals surface area contributed by atoms with Gasteiger partial charge in [-0.2, -0.15) is 10.4 Å². The number of hydrogen-bond acceptors (Lipinski definition) is 5. The van der Waals surface area contributed by atoms with Crippen LogP contribution >= 0.6 is 27.3 Å². The third kappa shape index (κ3) is 3.07. The highest BCUT2D eigenvalue weighted by molar-refractivity contribution is 9.10. The quantitative estimate of drug-likeness (QED) is 0.843. The maximum atomic E-state index is 12.6. The summed E-state index contributed by atoms with van der Waals surface area (Å²) in [5, 5.41) is 16.6. The summed E-state index contributed by atoms with van der Waals surface area (Å²) in [6.45, 7) is 3.48. The molecule has 1 N–H and O–H groups in total. The molecule has 0 radical (unpaired) electrons. The van der Waals surface area contributed by atoms with Gasteiger partial charge in [0.15, 0.2) is 0 Å². The van der Waals surface area contributed by atoms with Gasteiger partial charge >= 0.3 is 0 Å². The van der Waals surface area contributed by atoms with Gasteiger partial charge in [-0.15, -0.1) is 11.3 Å². The standard InChI is InChI=1S/C15H16BrN5O2S/c1-7-9(6-17)14(24-12(7)15(23)20(3)4)18-13(22)11-10(16)8(2)19-21(11)5/h1-5H3,(H,18,22). The molecule has 0 fully saturated rings. The number of amides is 2. The average molecular weight is 410 g/mol. The molecule has 0 aliphatic rings. The molecule has 0 aliphatic heterocycles. The number of anilines is 1. The summed E-state index contributed by atoms with van der Waals surface area (Å²) in [5.41, 5.74) is 1.90. The Morgan fingerprint density at radius 3 is 2.46 bits per heavy atom. The third-order valence-corrected chi connectivity index (χ3v) is 5.59. The lowest BCUT2D eigenvalue weighted by molar-refractivity contribution is 0.0831. The van der Waals surface area contributed by atoms with Gasteiger partial charge in [0.05, 0.1) is 20.6 Å². The van der Waals surface area contributed by atoms with E-state index in [1.165, 1.54) is 9.58 Å². The van der Waals surface area contributed by atoms with Crippen LogP contribution < -0.4 is 5.32 Å². The van der Waals surface area contributed by atoms with Crippen LogP contribution in [0.4, 0.5) is 5.00 Å². The van der Waals surface area contributed by atoms with Gasteiger partial charge in [-0.1, -0.05) is 0 Å². The Bertz CT molecular complexity index is 876. The highest BCUT2D eigenvalue weighted by Gasteiger charge is 2.25. The van der Waals surface area contributed by atoms with Crippen molar-refractivity contribution < 1.29 is 9.59 Å². The van der Waals surface area contributed by atoms with Crippen LogP contribution in [0.1, 0.15) is 37.0 Å². The van der Waals surface area contributed by atoms with E-state index >= 15 is 0 Å². The van der Waals surface area contributed by atoms with Gasteiger partial charge in [-0.05, 0) is 35.3 Å². The Morgan fingerprint density at radius 2 is 2.00 bits per heavy atom. The first-order valence-electron chi connectivity index (χ1n) is 6.94. The second-order valence-corrected chi connectivity index (χ2v) is 7.21. The second kappa shape index (κ2) is 6.75. The molecule has 0 unspecified atom stereocenters. The number of rotatable bonds is 3. The first kappa shape index (κ1) is 18.2. The molecule has 0 spiro atoms. The molecule has 2 rings (SSSR count). The number of nitriles is 1. The fraction of sp³-hybridized carbons (Fsp3) is 0.333. The van der Waals surface area contributed by atoms with Crippen molar-refractivity contribution in [1.29, 1.82) is 5.26 Å². The molecule has 24 heavy (non-hydrogen) atoms. The van der Waals surface area contributed by atoms with Gasteiger partial charge < -0.3 is 10.2 Å². The first-order chi connectivity index (χ1) is 11.2. The lowest BCUT2D eigenvalue weighted by Crippen LogP contribution is -2.21. The average Bonchev–Trinajstić information content (AvgIpc) is 2.94. The number of thiophene rings is 1. The summed E-state index contributed by atoms with van der Waals surface area (Å²) in [6, 6.07) is 2.06. The molecule has 2 heterocycles. The zero-order valence-corrected chi connectivity index (χ0v) is 16.3. The van der Waals surface area contributed by atoms with Crippen LogP contribution in [0.3, 0.4) is 0 Å². The fourth-order valence-electron chi connectivity index (χ4n) is 2.18. The molecule has 0 aliphatic carbocycles. The Morgan fingerprint density at radius 1 is 1.38 bits per heavy atom. The molecule has 0 bridgehead atoms. The zero-order valence-electron chi connectivity index (χ0n) is 13.9. The molecule has 0 saturated heterocycles. The van der Waals surface area contributed by atoms with Crippen molar-refractivity contribution in [2.75, 3.05) is 19.4 Å². The second-order valence-electron chi connectivity index (χ2n) is 5.40. The van der Waals surface area contributed by atoms with Crippen molar-refractivity contribution in [3.05, 3.63) is 31.9 Å². The van der Waals surface area contributed by atoms with E-state index in [4.69, 9.17) is 0 Å². The van der Waals surface area contributed by atoms with Crippen molar-refractivity contribution in [3.8, 4) is 6.07 Å². The van der Waals surface area contributed by atoms with Gasteiger partial charge in [0, 0.05) is 21.1 Å².